The predicted octanol–water partition coefficient (Wildman–Crippen LogP) is 4.84. The summed E-state index contributed by atoms with van der Waals surface area (Å²) in [4.78, 5) is 26.3. The molecule has 0 aliphatic heterocycles. The number of halogens is 1. The van der Waals surface area contributed by atoms with E-state index in [-0.39, 0.29) is 23.5 Å². The molecule has 0 spiro atoms. The summed E-state index contributed by atoms with van der Waals surface area (Å²) in [5, 5.41) is 7.46. The Morgan fingerprint density at radius 2 is 1.72 bits per heavy atom. The molecule has 0 bridgehead atoms. The molecule has 0 aliphatic carbocycles. The van der Waals surface area contributed by atoms with Crippen LogP contribution in [0.15, 0.2) is 71.7 Å². The quantitative estimate of drug-likeness (QED) is 0.573. The Labute approximate surface area is 173 Å². The Hall–Kier alpha value is -3.25. The molecule has 1 atom stereocenters. The summed E-state index contributed by atoms with van der Waals surface area (Å²) in [6.45, 7) is 3.74. The number of nitrogens with one attached hydrogen (secondary N) is 2. The summed E-state index contributed by atoms with van der Waals surface area (Å²) < 4.78 is 13.1. The first-order valence-electron chi connectivity index (χ1n) is 9.12. The number of hydrogen-bond acceptors (Lipinski definition) is 3. The van der Waals surface area contributed by atoms with Gasteiger partial charge in [-0.25, -0.2) is 4.39 Å². The topological polar surface area (TPSA) is 58.2 Å². The lowest BCUT2D eigenvalue weighted by atomic mass is 10.1. The second-order valence-corrected chi connectivity index (χ2v) is 7.62. The average molecular weight is 408 g/mol. The van der Waals surface area contributed by atoms with Crippen molar-refractivity contribution in [2.45, 2.75) is 19.9 Å². The Morgan fingerprint density at radius 1 is 1.03 bits per heavy atom. The summed E-state index contributed by atoms with van der Waals surface area (Å²) in [5.74, 6) is -1.12. The monoisotopic (exact) mass is 408 g/mol. The highest BCUT2D eigenvalue weighted by atomic mass is 32.1. The zero-order valence-corrected chi connectivity index (χ0v) is 16.9. The van der Waals surface area contributed by atoms with Gasteiger partial charge in [0.2, 0.25) is 0 Å². The summed E-state index contributed by atoms with van der Waals surface area (Å²) in [6, 6.07) is 16.4. The third kappa shape index (κ3) is 5.62. The van der Waals surface area contributed by atoms with E-state index < -0.39 is 5.91 Å². The summed E-state index contributed by atoms with van der Waals surface area (Å²) in [5.41, 5.74) is 2.42. The molecule has 1 aromatic heterocycles. The van der Waals surface area contributed by atoms with Crippen LogP contribution in [-0.2, 0) is 4.79 Å². The Bertz CT molecular complexity index is 1010. The minimum Gasteiger partial charge on any atom is -0.344 e. The first-order chi connectivity index (χ1) is 13.9. The van der Waals surface area contributed by atoms with E-state index in [2.05, 4.69) is 10.6 Å². The van der Waals surface area contributed by atoms with Crippen LogP contribution in [0, 0.1) is 12.7 Å². The standard InChI is InChI=1S/C23H21FN2O2S/c1-15-5-7-18(8-6-15)22(27)26-21(14-20-4-3-13-29-20)23(28)25-16(2)17-9-11-19(24)12-10-17/h3-14,16H,1-2H3,(H,25,28)(H,26,27)/b21-14-/t16-/m0/s1. The van der Waals surface area contributed by atoms with Crippen molar-refractivity contribution in [3.05, 3.63) is 99.1 Å². The van der Waals surface area contributed by atoms with E-state index in [9.17, 15) is 14.0 Å². The van der Waals surface area contributed by atoms with Gasteiger partial charge in [-0.05, 0) is 61.2 Å². The van der Waals surface area contributed by atoms with Crippen molar-refractivity contribution in [3.8, 4) is 0 Å². The number of rotatable bonds is 6. The maximum absolute atomic E-state index is 13.1. The third-order valence-corrected chi connectivity index (χ3v) is 5.17. The minimum atomic E-state index is -0.421. The highest BCUT2D eigenvalue weighted by molar-refractivity contribution is 7.10. The van der Waals surface area contributed by atoms with Crippen LogP contribution >= 0.6 is 11.3 Å². The molecule has 0 aliphatic rings. The van der Waals surface area contributed by atoms with Crippen molar-refractivity contribution < 1.29 is 14.0 Å². The Kier molecular flexibility index (Phi) is 6.57. The van der Waals surface area contributed by atoms with E-state index in [1.54, 1.807) is 37.3 Å². The van der Waals surface area contributed by atoms with Gasteiger partial charge in [0.15, 0.2) is 0 Å². The second-order valence-electron chi connectivity index (χ2n) is 6.64. The van der Waals surface area contributed by atoms with E-state index >= 15 is 0 Å². The maximum Gasteiger partial charge on any atom is 0.268 e. The van der Waals surface area contributed by atoms with Crippen molar-refractivity contribution in [1.29, 1.82) is 0 Å². The number of carbonyl (C=O) groups is 2. The zero-order chi connectivity index (χ0) is 20.8. The van der Waals surface area contributed by atoms with Crippen LogP contribution in [0.5, 0.6) is 0 Å². The normalized spacial score (nSPS) is 12.3. The highest BCUT2D eigenvalue weighted by Crippen LogP contribution is 2.16. The fourth-order valence-corrected chi connectivity index (χ4v) is 3.34. The molecule has 2 aromatic carbocycles. The van der Waals surface area contributed by atoms with E-state index in [0.717, 1.165) is 16.0 Å². The number of thiophene rings is 1. The van der Waals surface area contributed by atoms with Gasteiger partial charge in [-0.3, -0.25) is 9.59 Å². The number of benzene rings is 2. The maximum atomic E-state index is 13.1. The molecule has 0 fully saturated rings. The van der Waals surface area contributed by atoms with Gasteiger partial charge < -0.3 is 10.6 Å². The van der Waals surface area contributed by atoms with Gasteiger partial charge in [0.1, 0.15) is 11.5 Å². The van der Waals surface area contributed by atoms with Crippen LogP contribution < -0.4 is 10.6 Å². The van der Waals surface area contributed by atoms with Gasteiger partial charge in [-0.1, -0.05) is 35.9 Å². The van der Waals surface area contributed by atoms with Crippen LogP contribution in [0.2, 0.25) is 0 Å². The van der Waals surface area contributed by atoms with Crippen molar-refractivity contribution >= 4 is 29.2 Å². The smallest absolute Gasteiger partial charge is 0.268 e. The lowest BCUT2D eigenvalue weighted by Gasteiger charge is -2.16. The fraction of sp³-hybridized carbons (Fsp3) is 0.130. The molecule has 1 heterocycles. The molecule has 0 unspecified atom stereocenters. The number of amides is 2. The van der Waals surface area contributed by atoms with Gasteiger partial charge in [0.25, 0.3) is 11.8 Å². The molecule has 148 valence electrons. The lowest BCUT2D eigenvalue weighted by molar-refractivity contribution is -0.118. The van der Waals surface area contributed by atoms with Gasteiger partial charge in [-0.15, -0.1) is 11.3 Å². The lowest BCUT2D eigenvalue weighted by Crippen LogP contribution is -2.36. The molecule has 6 heteroatoms. The van der Waals surface area contributed by atoms with E-state index in [1.165, 1.54) is 23.5 Å². The SMILES string of the molecule is Cc1ccc(C(=O)N/C(=C\c2cccs2)C(=O)N[C@@H](C)c2ccc(F)cc2)cc1. The Balaban J connectivity index is 1.79. The Morgan fingerprint density at radius 3 is 2.34 bits per heavy atom. The molecular weight excluding hydrogens is 387 g/mol. The molecule has 3 rings (SSSR count). The second kappa shape index (κ2) is 9.30. The highest BCUT2D eigenvalue weighted by Gasteiger charge is 2.17. The van der Waals surface area contributed by atoms with Gasteiger partial charge >= 0.3 is 0 Å². The zero-order valence-electron chi connectivity index (χ0n) is 16.1. The number of hydrogen-bond donors (Lipinski definition) is 2. The van der Waals surface area contributed by atoms with Crippen LogP contribution in [0.4, 0.5) is 4.39 Å². The number of aryl methyl sites for hydroxylation is 1. The average Bonchev–Trinajstić information content (AvgIpc) is 3.21. The van der Waals surface area contributed by atoms with Crippen molar-refractivity contribution in [2.75, 3.05) is 0 Å². The molecule has 29 heavy (non-hydrogen) atoms. The van der Waals surface area contributed by atoms with Gasteiger partial charge in [0, 0.05) is 10.4 Å². The van der Waals surface area contributed by atoms with E-state index in [4.69, 9.17) is 0 Å². The van der Waals surface area contributed by atoms with E-state index in [0.29, 0.717) is 5.56 Å². The molecule has 0 radical (unpaired) electrons. The number of carbonyl (C=O) groups excluding carboxylic acids is 2. The molecule has 3 aromatic rings. The van der Waals surface area contributed by atoms with Crippen molar-refractivity contribution in [1.82, 2.24) is 10.6 Å². The van der Waals surface area contributed by atoms with Gasteiger partial charge in [-0.2, -0.15) is 0 Å². The minimum absolute atomic E-state index is 0.145. The van der Waals surface area contributed by atoms with Gasteiger partial charge in [0.05, 0.1) is 6.04 Å². The summed E-state index contributed by atoms with van der Waals surface area (Å²) >= 11 is 1.46. The molecule has 4 nitrogen and oxygen atoms in total. The molecular formula is C23H21FN2O2S. The van der Waals surface area contributed by atoms with E-state index in [1.807, 2.05) is 36.6 Å². The predicted molar refractivity (Wildman–Crippen MR) is 114 cm³/mol. The largest absolute Gasteiger partial charge is 0.344 e. The molecule has 2 amide bonds. The summed E-state index contributed by atoms with van der Waals surface area (Å²) in [6.07, 6.45) is 1.64. The third-order valence-electron chi connectivity index (χ3n) is 4.35. The van der Waals surface area contributed by atoms with Crippen LogP contribution in [0.3, 0.4) is 0 Å². The van der Waals surface area contributed by atoms with Crippen molar-refractivity contribution in [2.24, 2.45) is 0 Å². The fourth-order valence-electron chi connectivity index (χ4n) is 2.68. The van der Waals surface area contributed by atoms with Crippen LogP contribution in [0.1, 0.15) is 39.3 Å². The first-order valence-corrected chi connectivity index (χ1v) is 10.00. The molecule has 0 saturated carbocycles. The first kappa shape index (κ1) is 20.5. The van der Waals surface area contributed by atoms with Crippen LogP contribution in [-0.4, -0.2) is 11.8 Å². The van der Waals surface area contributed by atoms with Crippen LogP contribution in [0.25, 0.3) is 6.08 Å². The summed E-state index contributed by atoms with van der Waals surface area (Å²) in [7, 11) is 0. The van der Waals surface area contributed by atoms with Crippen molar-refractivity contribution in [3.63, 3.8) is 0 Å². The molecule has 0 saturated heterocycles. The molecule has 2 N–H and O–H groups in total.